The van der Waals surface area contributed by atoms with Crippen molar-refractivity contribution in [1.29, 1.82) is 0 Å². The van der Waals surface area contributed by atoms with Crippen molar-refractivity contribution in [3.05, 3.63) is 34.2 Å². The van der Waals surface area contributed by atoms with E-state index in [2.05, 4.69) is 10.2 Å². The molecule has 0 saturated carbocycles. The highest BCUT2D eigenvalue weighted by Crippen LogP contribution is 2.36. The molecule has 6 heteroatoms. The summed E-state index contributed by atoms with van der Waals surface area (Å²) < 4.78 is 13.7. The number of aromatic amines is 1. The number of benzene rings is 1. The maximum atomic E-state index is 13.7. The number of nitrogens with zero attached hydrogens (tertiary/aromatic N) is 1. The first kappa shape index (κ1) is 10.3. The minimum atomic E-state index is -0.600. The third-order valence-corrected chi connectivity index (χ3v) is 2.59. The fraction of sp³-hybridized carbons (Fsp3) is 0. The zero-order valence-corrected chi connectivity index (χ0v) is 8.90. The summed E-state index contributed by atoms with van der Waals surface area (Å²) >= 11 is 11.5. The maximum absolute atomic E-state index is 13.7. The molecule has 1 aromatic heterocycles. The molecular weight excluding hydrogens is 240 g/mol. The predicted molar refractivity (Wildman–Crippen MR) is 58.4 cm³/mol. The van der Waals surface area contributed by atoms with Crippen LogP contribution in [0.4, 0.5) is 10.2 Å². The van der Waals surface area contributed by atoms with Crippen LogP contribution in [0.15, 0.2) is 18.3 Å². The van der Waals surface area contributed by atoms with Crippen LogP contribution in [0.2, 0.25) is 10.0 Å². The van der Waals surface area contributed by atoms with Crippen molar-refractivity contribution < 1.29 is 4.39 Å². The molecule has 0 amide bonds. The van der Waals surface area contributed by atoms with Gasteiger partial charge in [0.25, 0.3) is 0 Å². The predicted octanol–water partition coefficient (Wildman–Crippen LogP) is 3.10. The van der Waals surface area contributed by atoms with E-state index >= 15 is 0 Å². The third-order valence-electron chi connectivity index (χ3n) is 1.98. The molecule has 0 saturated heterocycles. The van der Waals surface area contributed by atoms with Gasteiger partial charge < -0.3 is 5.73 Å². The van der Waals surface area contributed by atoms with Gasteiger partial charge in [-0.3, -0.25) is 5.10 Å². The summed E-state index contributed by atoms with van der Waals surface area (Å²) in [5.74, 6) is -0.352. The second-order valence-electron chi connectivity index (χ2n) is 2.92. The Balaban J connectivity index is 2.72. The molecular formula is C9H6Cl2FN3. The fourth-order valence-corrected chi connectivity index (χ4v) is 1.67. The molecule has 0 bridgehead atoms. The van der Waals surface area contributed by atoms with Crippen LogP contribution in [0.5, 0.6) is 0 Å². The van der Waals surface area contributed by atoms with Gasteiger partial charge in [-0.15, -0.1) is 0 Å². The molecule has 0 aliphatic carbocycles. The Morgan fingerprint density at radius 1 is 1.27 bits per heavy atom. The first-order chi connectivity index (χ1) is 7.11. The van der Waals surface area contributed by atoms with Gasteiger partial charge in [0.15, 0.2) is 5.82 Å². The summed E-state index contributed by atoms with van der Waals surface area (Å²) in [5.41, 5.74) is 6.14. The number of hydrogen-bond donors (Lipinski definition) is 2. The van der Waals surface area contributed by atoms with E-state index in [4.69, 9.17) is 28.9 Å². The normalized spacial score (nSPS) is 10.6. The summed E-state index contributed by atoms with van der Waals surface area (Å²) in [6.07, 6.45) is 1.40. The average molecular weight is 246 g/mol. The van der Waals surface area contributed by atoms with E-state index in [9.17, 15) is 4.39 Å². The standard InChI is InChI=1S/C9H6Cl2FN3/c10-5-1-2-6(11)8(12)7(5)4-3-14-15-9(4)13/h1-3H,(H3,13,14,15). The van der Waals surface area contributed by atoms with E-state index in [0.29, 0.717) is 5.56 Å². The highest BCUT2D eigenvalue weighted by atomic mass is 35.5. The van der Waals surface area contributed by atoms with E-state index in [1.807, 2.05) is 0 Å². The molecule has 0 atom stereocenters. The van der Waals surface area contributed by atoms with E-state index in [1.54, 1.807) is 0 Å². The smallest absolute Gasteiger partial charge is 0.151 e. The molecule has 0 aliphatic heterocycles. The maximum Gasteiger partial charge on any atom is 0.151 e. The monoisotopic (exact) mass is 245 g/mol. The van der Waals surface area contributed by atoms with Crippen molar-refractivity contribution in [2.45, 2.75) is 0 Å². The number of H-pyrrole nitrogens is 1. The number of anilines is 1. The van der Waals surface area contributed by atoms with E-state index in [1.165, 1.54) is 18.3 Å². The Bertz CT molecular complexity index is 510. The molecule has 2 aromatic rings. The van der Waals surface area contributed by atoms with E-state index < -0.39 is 5.82 Å². The minimum Gasteiger partial charge on any atom is -0.384 e. The van der Waals surface area contributed by atoms with Gasteiger partial charge in [0.2, 0.25) is 0 Å². The molecule has 0 fully saturated rings. The van der Waals surface area contributed by atoms with Crippen LogP contribution in [-0.2, 0) is 0 Å². The van der Waals surface area contributed by atoms with Gasteiger partial charge in [0, 0.05) is 11.1 Å². The minimum absolute atomic E-state index is 0.00463. The second-order valence-corrected chi connectivity index (χ2v) is 3.73. The largest absolute Gasteiger partial charge is 0.384 e. The molecule has 1 aromatic carbocycles. The number of nitrogens with two attached hydrogens (primary N) is 1. The van der Waals surface area contributed by atoms with Gasteiger partial charge >= 0.3 is 0 Å². The molecule has 0 aliphatic rings. The fourth-order valence-electron chi connectivity index (χ4n) is 1.27. The van der Waals surface area contributed by atoms with E-state index in [-0.39, 0.29) is 21.4 Å². The van der Waals surface area contributed by atoms with Crippen LogP contribution in [0.25, 0.3) is 11.1 Å². The second kappa shape index (κ2) is 3.72. The van der Waals surface area contributed by atoms with Crippen molar-refractivity contribution in [2.75, 3.05) is 5.73 Å². The number of halogens is 3. The number of nitrogens with one attached hydrogen (secondary N) is 1. The summed E-state index contributed by atoms with van der Waals surface area (Å²) in [4.78, 5) is 0. The molecule has 1 heterocycles. The number of nitrogen functional groups attached to an aromatic ring is 1. The lowest BCUT2D eigenvalue weighted by Crippen LogP contribution is -1.91. The van der Waals surface area contributed by atoms with Gasteiger partial charge in [-0.25, -0.2) is 4.39 Å². The highest BCUT2D eigenvalue weighted by molar-refractivity contribution is 6.35. The molecule has 2 rings (SSSR count). The summed E-state index contributed by atoms with van der Waals surface area (Å²) in [6.45, 7) is 0. The molecule has 0 unspecified atom stereocenters. The van der Waals surface area contributed by atoms with Crippen LogP contribution >= 0.6 is 23.2 Å². The molecule has 78 valence electrons. The summed E-state index contributed by atoms with van der Waals surface area (Å²) in [5, 5.41) is 6.43. The Morgan fingerprint density at radius 3 is 2.53 bits per heavy atom. The Morgan fingerprint density at radius 2 is 1.93 bits per heavy atom. The first-order valence-electron chi connectivity index (χ1n) is 4.04. The van der Waals surface area contributed by atoms with Gasteiger partial charge in [-0.2, -0.15) is 5.10 Å². The van der Waals surface area contributed by atoms with Crippen LogP contribution in [0.1, 0.15) is 0 Å². The SMILES string of the molecule is Nc1[nH]ncc1-c1c(Cl)ccc(Cl)c1F. The van der Waals surface area contributed by atoms with Crippen molar-refractivity contribution in [3.8, 4) is 11.1 Å². The summed E-state index contributed by atoms with van der Waals surface area (Å²) in [7, 11) is 0. The molecule has 15 heavy (non-hydrogen) atoms. The number of aromatic nitrogens is 2. The van der Waals surface area contributed by atoms with Gasteiger partial charge in [0.05, 0.1) is 16.2 Å². The zero-order chi connectivity index (χ0) is 11.0. The first-order valence-corrected chi connectivity index (χ1v) is 4.79. The number of hydrogen-bond acceptors (Lipinski definition) is 2. The lowest BCUT2D eigenvalue weighted by Gasteiger charge is -2.05. The molecule has 0 radical (unpaired) electrons. The Labute approximate surface area is 95.0 Å². The lowest BCUT2D eigenvalue weighted by atomic mass is 10.1. The van der Waals surface area contributed by atoms with Crippen molar-refractivity contribution in [2.24, 2.45) is 0 Å². The summed E-state index contributed by atoms with van der Waals surface area (Å²) in [6, 6.07) is 2.90. The lowest BCUT2D eigenvalue weighted by molar-refractivity contribution is 0.632. The average Bonchev–Trinajstić information content (AvgIpc) is 2.60. The van der Waals surface area contributed by atoms with Crippen molar-refractivity contribution in [3.63, 3.8) is 0 Å². The molecule has 3 N–H and O–H groups in total. The van der Waals surface area contributed by atoms with Crippen molar-refractivity contribution >= 4 is 29.0 Å². The van der Waals surface area contributed by atoms with Crippen LogP contribution in [0, 0.1) is 5.82 Å². The van der Waals surface area contributed by atoms with Crippen LogP contribution in [0.3, 0.4) is 0 Å². The van der Waals surface area contributed by atoms with Crippen molar-refractivity contribution in [1.82, 2.24) is 10.2 Å². The van der Waals surface area contributed by atoms with Crippen LogP contribution < -0.4 is 5.73 Å². The zero-order valence-electron chi connectivity index (χ0n) is 7.39. The topological polar surface area (TPSA) is 54.7 Å². The highest BCUT2D eigenvalue weighted by Gasteiger charge is 2.16. The number of rotatable bonds is 1. The molecule has 0 spiro atoms. The third kappa shape index (κ3) is 1.66. The Kier molecular flexibility index (Phi) is 2.54. The molecule has 3 nitrogen and oxygen atoms in total. The Hall–Kier alpha value is -1.26. The van der Waals surface area contributed by atoms with Crippen LogP contribution in [-0.4, -0.2) is 10.2 Å². The van der Waals surface area contributed by atoms with Gasteiger partial charge in [0.1, 0.15) is 5.82 Å². The van der Waals surface area contributed by atoms with E-state index in [0.717, 1.165) is 0 Å². The van der Waals surface area contributed by atoms with Gasteiger partial charge in [-0.1, -0.05) is 23.2 Å². The van der Waals surface area contributed by atoms with Gasteiger partial charge in [-0.05, 0) is 12.1 Å². The quantitative estimate of drug-likeness (QED) is 0.759.